The number of aliphatic hydroxyl groups is 1. The SMILES string of the molecule is CCCCCC(O)C(C)(C)c1ccc(N(NCCCCCCC(=O)O)C(=S)CC)cc1. The Balaban J connectivity index is 2.68. The molecule has 0 bridgehead atoms. The summed E-state index contributed by atoms with van der Waals surface area (Å²) in [6.07, 6.45) is 8.46. The molecular weight excluding hydrogens is 408 g/mol. The Hall–Kier alpha value is -1.50. The molecule has 6 heteroatoms. The molecule has 176 valence electrons. The van der Waals surface area contributed by atoms with Crippen molar-refractivity contribution in [3.05, 3.63) is 29.8 Å². The molecule has 0 fully saturated rings. The number of hydrogen-bond acceptors (Lipinski definition) is 4. The number of nitrogens with zero attached hydrogens (tertiary/aromatic N) is 1. The molecule has 5 nitrogen and oxygen atoms in total. The maximum Gasteiger partial charge on any atom is 0.303 e. The third-order valence-corrected chi connectivity index (χ3v) is 6.39. The van der Waals surface area contributed by atoms with Crippen molar-refractivity contribution in [2.45, 2.75) is 103 Å². The molecule has 0 aliphatic rings. The predicted molar refractivity (Wildman–Crippen MR) is 134 cm³/mol. The smallest absolute Gasteiger partial charge is 0.303 e. The fourth-order valence-electron chi connectivity index (χ4n) is 3.61. The number of rotatable bonds is 16. The van der Waals surface area contributed by atoms with Gasteiger partial charge >= 0.3 is 5.97 Å². The maximum absolute atomic E-state index is 10.7. The Morgan fingerprint density at radius 2 is 1.71 bits per heavy atom. The second-order valence-electron chi connectivity index (χ2n) is 8.83. The van der Waals surface area contributed by atoms with E-state index in [1.807, 2.05) is 11.9 Å². The molecule has 31 heavy (non-hydrogen) atoms. The van der Waals surface area contributed by atoms with Crippen molar-refractivity contribution in [2.75, 3.05) is 11.6 Å². The van der Waals surface area contributed by atoms with Crippen LogP contribution in [-0.2, 0) is 10.2 Å². The van der Waals surface area contributed by atoms with Gasteiger partial charge in [0.1, 0.15) is 0 Å². The van der Waals surface area contributed by atoms with Crippen molar-refractivity contribution in [2.24, 2.45) is 0 Å². The largest absolute Gasteiger partial charge is 0.481 e. The van der Waals surface area contributed by atoms with Gasteiger partial charge in [0.15, 0.2) is 0 Å². The lowest BCUT2D eigenvalue weighted by Gasteiger charge is -2.32. The van der Waals surface area contributed by atoms with Crippen LogP contribution in [0.15, 0.2) is 24.3 Å². The van der Waals surface area contributed by atoms with Crippen LogP contribution >= 0.6 is 12.2 Å². The van der Waals surface area contributed by atoms with E-state index in [-0.39, 0.29) is 17.9 Å². The van der Waals surface area contributed by atoms with E-state index in [9.17, 15) is 9.90 Å². The van der Waals surface area contributed by atoms with Gasteiger partial charge < -0.3 is 10.2 Å². The van der Waals surface area contributed by atoms with Crippen LogP contribution in [0.3, 0.4) is 0 Å². The molecule has 3 N–H and O–H groups in total. The van der Waals surface area contributed by atoms with Crippen LogP contribution in [0.1, 0.15) is 97.5 Å². The summed E-state index contributed by atoms with van der Waals surface area (Å²) in [6, 6.07) is 8.32. The molecule has 1 unspecified atom stereocenters. The third-order valence-electron chi connectivity index (χ3n) is 5.92. The van der Waals surface area contributed by atoms with Crippen molar-refractivity contribution >= 4 is 28.9 Å². The number of nitrogens with one attached hydrogen (secondary N) is 1. The van der Waals surface area contributed by atoms with Crippen LogP contribution in [0.5, 0.6) is 0 Å². The number of hydrazine groups is 1. The highest BCUT2D eigenvalue weighted by molar-refractivity contribution is 7.80. The van der Waals surface area contributed by atoms with Gasteiger partial charge in [-0.05, 0) is 43.4 Å². The Morgan fingerprint density at radius 3 is 2.29 bits per heavy atom. The van der Waals surface area contributed by atoms with E-state index in [2.05, 4.69) is 50.5 Å². The highest BCUT2D eigenvalue weighted by Crippen LogP contribution is 2.31. The van der Waals surface area contributed by atoms with E-state index in [0.717, 1.165) is 80.6 Å². The second kappa shape index (κ2) is 14.5. The van der Waals surface area contributed by atoms with Gasteiger partial charge in [-0.2, -0.15) is 0 Å². The van der Waals surface area contributed by atoms with Gasteiger partial charge in [-0.15, -0.1) is 0 Å². The van der Waals surface area contributed by atoms with Crippen LogP contribution in [0, 0.1) is 0 Å². The standard InChI is InChI=1S/C25H42N2O3S/c1-5-7-10-13-22(28)25(3,4)20-15-17-21(18-16-20)27(23(31)6-2)26-19-12-9-8-11-14-24(29)30/h15-18,22,26,28H,5-14,19H2,1-4H3,(H,29,30). The molecule has 1 atom stereocenters. The van der Waals surface area contributed by atoms with Crippen LogP contribution in [0.4, 0.5) is 5.69 Å². The molecule has 1 rings (SSSR count). The molecule has 0 saturated heterocycles. The molecule has 0 radical (unpaired) electrons. The number of anilines is 1. The first kappa shape index (κ1) is 27.5. The summed E-state index contributed by atoms with van der Waals surface area (Å²) in [7, 11) is 0. The first-order valence-electron chi connectivity index (χ1n) is 11.8. The Kier molecular flexibility index (Phi) is 12.9. The van der Waals surface area contributed by atoms with Gasteiger partial charge in [-0.25, -0.2) is 5.43 Å². The number of thiocarbonyl (C=S) groups is 1. The maximum atomic E-state index is 10.7. The average Bonchev–Trinajstić information content (AvgIpc) is 2.75. The fraction of sp³-hybridized carbons (Fsp3) is 0.680. The van der Waals surface area contributed by atoms with E-state index in [4.69, 9.17) is 17.3 Å². The summed E-state index contributed by atoms with van der Waals surface area (Å²) < 4.78 is 0. The van der Waals surface area contributed by atoms with Gasteiger partial charge in [0.2, 0.25) is 0 Å². The molecule has 0 saturated carbocycles. The normalized spacial score (nSPS) is 12.5. The summed E-state index contributed by atoms with van der Waals surface area (Å²) in [4.78, 5) is 11.4. The van der Waals surface area contributed by atoms with E-state index < -0.39 is 5.97 Å². The first-order chi connectivity index (χ1) is 14.7. The monoisotopic (exact) mass is 450 g/mol. The van der Waals surface area contributed by atoms with Gasteiger partial charge in [-0.1, -0.05) is 84.1 Å². The lowest BCUT2D eigenvalue weighted by molar-refractivity contribution is -0.137. The Labute approximate surface area is 194 Å². The van der Waals surface area contributed by atoms with Gasteiger partial charge in [0.05, 0.1) is 16.8 Å². The fourth-order valence-corrected chi connectivity index (χ4v) is 3.78. The lowest BCUT2D eigenvalue weighted by atomic mass is 9.77. The Bertz CT molecular complexity index is 661. The van der Waals surface area contributed by atoms with Crippen molar-refractivity contribution in [3.63, 3.8) is 0 Å². The van der Waals surface area contributed by atoms with Crippen molar-refractivity contribution in [3.8, 4) is 0 Å². The minimum Gasteiger partial charge on any atom is -0.481 e. The first-order valence-corrected chi connectivity index (χ1v) is 12.2. The number of carboxylic acid groups (broad SMARTS) is 1. The number of hydrogen-bond donors (Lipinski definition) is 3. The molecule has 0 heterocycles. The quantitative estimate of drug-likeness (QED) is 0.163. The minimum absolute atomic E-state index is 0.246. The second-order valence-corrected chi connectivity index (χ2v) is 9.30. The van der Waals surface area contributed by atoms with Crippen LogP contribution in [-0.4, -0.2) is 33.8 Å². The summed E-state index contributed by atoms with van der Waals surface area (Å²) in [6.45, 7) is 9.23. The number of aliphatic hydroxyl groups excluding tert-OH is 1. The molecule has 0 aliphatic heterocycles. The summed E-state index contributed by atoms with van der Waals surface area (Å²) in [5.74, 6) is -0.724. The number of benzene rings is 1. The zero-order chi connectivity index (χ0) is 23.3. The Morgan fingerprint density at radius 1 is 1.06 bits per heavy atom. The van der Waals surface area contributed by atoms with Gasteiger partial charge in [0, 0.05) is 18.4 Å². The molecular formula is C25H42N2O3S. The van der Waals surface area contributed by atoms with Gasteiger partial charge in [0.25, 0.3) is 0 Å². The summed E-state index contributed by atoms with van der Waals surface area (Å²) in [5, 5.41) is 21.4. The number of aliphatic carboxylic acids is 1. The molecule has 0 aliphatic carbocycles. The zero-order valence-corrected chi connectivity index (χ0v) is 20.6. The molecule has 0 aromatic heterocycles. The topological polar surface area (TPSA) is 72.8 Å². The highest BCUT2D eigenvalue weighted by atomic mass is 32.1. The van der Waals surface area contributed by atoms with E-state index in [0.29, 0.717) is 0 Å². The average molecular weight is 451 g/mol. The molecule has 0 spiro atoms. The summed E-state index contributed by atoms with van der Waals surface area (Å²) >= 11 is 5.57. The lowest BCUT2D eigenvalue weighted by Crippen LogP contribution is -2.42. The van der Waals surface area contributed by atoms with Crippen LogP contribution in [0.25, 0.3) is 0 Å². The summed E-state index contributed by atoms with van der Waals surface area (Å²) in [5.41, 5.74) is 5.25. The van der Waals surface area contributed by atoms with Crippen LogP contribution in [0.2, 0.25) is 0 Å². The van der Waals surface area contributed by atoms with Crippen molar-refractivity contribution < 1.29 is 15.0 Å². The number of carboxylic acids is 1. The minimum atomic E-state index is -0.724. The molecule has 1 aromatic carbocycles. The third kappa shape index (κ3) is 9.67. The van der Waals surface area contributed by atoms with Crippen molar-refractivity contribution in [1.29, 1.82) is 0 Å². The van der Waals surface area contributed by atoms with E-state index in [1.54, 1.807) is 0 Å². The predicted octanol–water partition coefficient (Wildman–Crippen LogP) is 5.99. The zero-order valence-electron chi connectivity index (χ0n) is 19.8. The number of unbranched alkanes of at least 4 members (excludes halogenated alkanes) is 5. The van der Waals surface area contributed by atoms with Crippen molar-refractivity contribution in [1.82, 2.24) is 5.43 Å². The molecule has 0 amide bonds. The van der Waals surface area contributed by atoms with E-state index in [1.165, 1.54) is 0 Å². The highest BCUT2D eigenvalue weighted by Gasteiger charge is 2.29. The van der Waals surface area contributed by atoms with Crippen LogP contribution < -0.4 is 10.4 Å². The van der Waals surface area contributed by atoms with Gasteiger partial charge in [-0.3, -0.25) is 9.80 Å². The van der Waals surface area contributed by atoms with E-state index >= 15 is 0 Å². The molecule has 1 aromatic rings. The number of carbonyl (C=O) groups is 1.